The Morgan fingerprint density at radius 2 is 1.48 bits per heavy atom. The largest absolute Gasteiger partial charge is 0.416 e. The average molecular weight is 325 g/mol. The third kappa shape index (κ3) is 3.41. The molecule has 2 nitrogen and oxygen atoms in total. The lowest BCUT2D eigenvalue weighted by Crippen LogP contribution is -2.11. The summed E-state index contributed by atoms with van der Waals surface area (Å²) in [6.45, 7) is 0. The molecule has 0 saturated heterocycles. The van der Waals surface area contributed by atoms with Gasteiger partial charge in [-0.3, -0.25) is 4.79 Å². The van der Waals surface area contributed by atoms with E-state index in [9.17, 15) is 31.1 Å². The summed E-state index contributed by atoms with van der Waals surface area (Å²) < 4.78 is 76.1. The van der Waals surface area contributed by atoms with Crippen LogP contribution in [0.2, 0.25) is 0 Å². The van der Waals surface area contributed by atoms with E-state index in [0.717, 1.165) is 11.3 Å². The van der Waals surface area contributed by atoms with Gasteiger partial charge < -0.3 is 0 Å². The number of hydrogen-bond acceptors (Lipinski definition) is 3. The molecule has 1 aromatic carbocycles. The van der Waals surface area contributed by atoms with Gasteiger partial charge in [0, 0.05) is 10.9 Å². The summed E-state index contributed by atoms with van der Waals surface area (Å²) in [6, 6.07) is 1.17. The van der Waals surface area contributed by atoms with Gasteiger partial charge in [-0.05, 0) is 18.2 Å². The number of hydrogen-bond donors (Lipinski definition) is 0. The highest BCUT2D eigenvalue weighted by Gasteiger charge is 2.37. The highest BCUT2D eigenvalue weighted by Crippen LogP contribution is 2.38. The number of nitrogens with zero attached hydrogens (tertiary/aromatic N) is 1. The monoisotopic (exact) mass is 325 g/mol. The molecule has 0 aliphatic carbocycles. The number of carbonyl (C=O) groups is 1. The maximum absolute atomic E-state index is 12.7. The van der Waals surface area contributed by atoms with Gasteiger partial charge in [0.2, 0.25) is 0 Å². The van der Waals surface area contributed by atoms with E-state index in [0.29, 0.717) is 18.4 Å². The molecule has 1 aromatic heterocycles. The van der Waals surface area contributed by atoms with Crippen molar-refractivity contribution in [3.8, 4) is 11.3 Å². The number of aldehydes is 1. The number of thiazole rings is 1. The Hall–Kier alpha value is -1.90. The number of benzene rings is 1. The molecule has 0 saturated carbocycles. The molecular weight excluding hydrogens is 320 g/mol. The van der Waals surface area contributed by atoms with Crippen molar-refractivity contribution in [3.05, 3.63) is 39.7 Å². The Balaban J connectivity index is 2.62. The predicted octanol–water partition coefficient (Wildman–Crippen LogP) is 4.66. The number of carbonyl (C=O) groups excluding carboxylic acids is 1. The van der Waals surface area contributed by atoms with Crippen molar-refractivity contribution in [1.82, 2.24) is 4.98 Å². The maximum atomic E-state index is 12.7. The Morgan fingerprint density at radius 3 is 1.86 bits per heavy atom. The van der Waals surface area contributed by atoms with Crippen LogP contribution in [-0.4, -0.2) is 11.3 Å². The molecule has 0 radical (unpaired) electrons. The summed E-state index contributed by atoms with van der Waals surface area (Å²) in [4.78, 5) is 14.2. The van der Waals surface area contributed by atoms with Crippen molar-refractivity contribution in [2.24, 2.45) is 0 Å². The number of alkyl halides is 6. The van der Waals surface area contributed by atoms with E-state index in [1.165, 1.54) is 5.38 Å². The molecule has 0 aliphatic heterocycles. The summed E-state index contributed by atoms with van der Waals surface area (Å²) in [7, 11) is 0. The van der Waals surface area contributed by atoms with Crippen LogP contribution in [0, 0.1) is 0 Å². The summed E-state index contributed by atoms with van der Waals surface area (Å²) in [5.74, 6) is 0. The van der Waals surface area contributed by atoms with Gasteiger partial charge in [0.15, 0.2) is 11.3 Å². The normalized spacial score (nSPS) is 12.5. The van der Waals surface area contributed by atoms with Gasteiger partial charge >= 0.3 is 12.4 Å². The van der Waals surface area contributed by atoms with Crippen LogP contribution in [0.25, 0.3) is 11.3 Å². The second-order valence-corrected chi connectivity index (χ2v) is 4.87. The van der Waals surface area contributed by atoms with Gasteiger partial charge in [0.05, 0.1) is 16.8 Å². The molecular formula is C12H5F6NOS. The van der Waals surface area contributed by atoms with Crippen molar-refractivity contribution in [1.29, 1.82) is 0 Å². The van der Waals surface area contributed by atoms with Crippen LogP contribution in [0.1, 0.15) is 20.9 Å². The third-order valence-electron chi connectivity index (χ3n) is 2.51. The minimum atomic E-state index is -4.92. The lowest BCUT2D eigenvalue weighted by molar-refractivity contribution is -0.143. The molecule has 0 atom stereocenters. The van der Waals surface area contributed by atoms with E-state index < -0.39 is 23.5 Å². The fraction of sp³-hybridized carbons (Fsp3) is 0.167. The van der Waals surface area contributed by atoms with Crippen LogP contribution >= 0.6 is 11.3 Å². The molecule has 0 unspecified atom stereocenters. The van der Waals surface area contributed by atoms with Gasteiger partial charge in [-0.1, -0.05) is 0 Å². The van der Waals surface area contributed by atoms with E-state index >= 15 is 0 Å². The lowest BCUT2D eigenvalue weighted by atomic mass is 10.0. The molecule has 0 spiro atoms. The van der Waals surface area contributed by atoms with Crippen LogP contribution in [-0.2, 0) is 12.4 Å². The fourth-order valence-corrected chi connectivity index (χ4v) is 2.20. The molecule has 21 heavy (non-hydrogen) atoms. The molecule has 0 bridgehead atoms. The number of halogens is 6. The second-order valence-electron chi connectivity index (χ2n) is 3.98. The molecule has 0 N–H and O–H groups in total. The number of rotatable bonds is 2. The van der Waals surface area contributed by atoms with Crippen LogP contribution in [0.15, 0.2) is 23.6 Å². The Bertz CT molecular complexity index is 641. The minimum absolute atomic E-state index is 0.0315. The van der Waals surface area contributed by atoms with E-state index in [1.54, 1.807) is 0 Å². The van der Waals surface area contributed by atoms with E-state index in [2.05, 4.69) is 4.98 Å². The van der Waals surface area contributed by atoms with Crippen molar-refractivity contribution < 1.29 is 31.1 Å². The summed E-state index contributed by atoms with van der Waals surface area (Å²) in [5.41, 5.74) is -3.30. The summed E-state index contributed by atoms with van der Waals surface area (Å²) in [6.07, 6.45) is -9.47. The van der Waals surface area contributed by atoms with E-state index in [-0.39, 0.29) is 22.3 Å². The van der Waals surface area contributed by atoms with Gasteiger partial charge in [-0.25, -0.2) is 4.98 Å². The van der Waals surface area contributed by atoms with Crippen molar-refractivity contribution in [3.63, 3.8) is 0 Å². The SMILES string of the molecule is O=Cc1nc(-c2cc(C(F)(F)F)cc(C(F)(F)F)c2)cs1. The lowest BCUT2D eigenvalue weighted by Gasteiger charge is -2.13. The molecule has 2 aromatic rings. The van der Waals surface area contributed by atoms with Gasteiger partial charge in [-0.2, -0.15) is 26.3 Å². The average Bonchev–Trinajstić information content (AvgIpc) is 2.85. The zero-order valence-corrected chi connectivity index (χ0v) is 10.7. The second kappa shape index (κ2) is 5.14. The van der Waals surface area contributed by atoms with Crippen molar-refractivity contribution in [2.75, 3.05) is 0 Å². The fourth-order valence-electron chi connectivity index (χ4n) is 1.58. The zero-order valence-electron chi connectivity index (χ0n) is 9.92. The van der Waals surface area contributed by atoms with E-state index in [4.69, 9.17) is 0 Å². The highest BCUT2D eigenvalue weighted by atomic mass is 32.1. The molecule has 2 rings (SSSR count). The van der Waals surface area contributed by atoms with Gasteiger partial charge in [0.1, 0.15) is 0 Å². The minimum Gasteiger partial charge on any atom is -0.295 e. The molecule has 0 amide bonds. The van der Waals surface area contributed by atoms with Gasteiger partial charge in [-0.15, -0.1) is 11.3 Å². The molecule has 0 fully saturated rings. The topological polar surface area (TPSA) is 30.0 Å². The Kier molecular flexibility index (Phi) is 3.79. The Morgan fingerprint density at radius 1 is 0.952 bits per heavy atom. The quantitative estimate of drug-likeness (QED) is 0.594. The van der Waals surface area contributed by atoms with Gasteiger partial charge in [0.25, 0.3) is 0 Å². The van der Waals surface area contributed by atoms with Crippen LogP contribution in [0.3, 0.4) is 0 Å². The predicted molar refractivity (Wildman–Crippen MR) is 62.9 cm³/mol. The third-order valence-corrected chi connectivity index (χ3v) is 3.28. The first-order chi connectivity index (χ1) is 9.61. The van der Waals surface area contributed by atoms with E-state index in [1.807, 2.05) is 0 Å². The maximum Gasteiger partial charge on any atom is 0.416 e. The Labute approximate surface area is 118 Å². The number of aromatic nitrogens is 1. The molecule has 1 heterocycles. The summed E-state index contributed by atoms with van der Waals surface area (Å²) in [5, 5.41) is 1.19. The first-order valence-corrected chi connectivity index (χ1v) is 6.20. The van der Waals surface area contributed by atoms with Crippen molar-refractivity contribution in [2.45, 2.75) is 12.4 Å². The van der Waals surface area contributed by atoms with Crippen LogP contribution in [0.4, 0.5) is 26.3 Å². The highest BCUT2D eigenvalue weighted by molar-refractivity contribution is 7.11. The molecule has 0 aliphatic rings. The first kappa shape index (κ1) is 15.5. The van der Waals surface area contributed by atoms with Crippen LogP contribution < -0.4 is 0 Å². The smallest absolute Gasteiger partial charge is 0.295 e. The first-order valence-electron chi connectivity index (χ1n) is 5.32. The molecule has 112 valence electrons. The summed E-state index contributed by atoms with van der Waals surface area (Å²) >= 11 is 0.829. The van der Waals surface area contributed by atoms with Crippen LogP contribution in [0.5, 0.6) is 0 Å². The zero-order chi connectivity index (χ0) is 15.8. The standard InChI is InChI=1S/C12H5F6NOS/c13-11(14,15)7-1-6(2-8(3-7)12(16,17)18)9-5-21-10(4-20)19-9/h1-5H. The van der Waals surface area contributed by atoms with Crippen molar-refractivity contribution >= 4 is 17.6 Å². The molecule has 9 heteroatoms.